The predicted octanol–water partition coefficient (Wildman–Crippen LogP) is 5.28. The molecule has 1 saturated heterocycles. The average Bonchev–Trinajstić information content (AvgIpc) is 3.43. The van der Waals surface area contributed by atoms with Gasteiger partial charge in [-0.2, -0.15) is 5.10 Å². The third-order valence-corrected chi connectivity index (χ3v) is 7.37. The molecule has 6 heteroatoms. The van der Waals surface area contributed by atoms with Gasteiger partial charge in [0.05, 0.1) is 36.9 Å². The van der Waals surface area contributed by atoms with Crippen LogP contribution >= 0.6 is 0 Å². The molecule has 1 unspecified atom stereocenters. The molecule has 3 aromatic carbocycles. The largest absolute Gasteiger partial charge is 0.466 e. The molecule has 0 spiro atoms. The number of aliphatic hydroxyl groups excluding tert-OH is 1. The number of rotatable bonds is 9. The third-order valence-electron chi connectivity index (χ3n) is 7.37. The summed E-state index contributed by atoms with van der Waals surface area (Å²) in [5.41, 5.74) is 4.69. The molecule has 4 aromatic rings. The van der Waals surface area contributed by atoms with E-state index < -0.39 is 11.6 Å². The molecule has 1 aliphatic heterocycles. The van der Waals surface area contributed by atoms with E-state index in [1.807, 2.05) is 36.5 Å². The molecule has 1 aliphatic rings. The van der Waals surface area contributed by atoms with Gasteiger partial charge in [0.25, 0.3) is 0 Å². The lowest BCUT2D eigenvalue weighted by atomic mass is 9.74. The van der Waals surface area contributed by atoms with E-state index in [0.717, 1.165) is 17.8 Å². The van der Waals surface area contributed by atoms with E-state index in [1.165, 1.54) is 16.7 Å². The van der Waals surface area contributed by atoms with Crippen molar-refractivity contribution in [2.45, 2.75) is 38.0 Å². The van der Waals surface area contributed by atoms with Crippen molar-refractivity contribution in [2.24, 2.45) is 0 Å². The Morgan fingerprint density at radius 1 is 0.949 bits per heavy atom. The molecular formula is C33H35N3O3. The molecular weight excluding hydrogens is 486 g/mol. The fourth-order valence-electron chi connectivity index (χ4n) is 5.59. The molecule has 1 atom stereocenters. The standard InChI is InChI=1S/C33H35N3O3/c1-2-39-32(38)20-23-36-22-18-30(34-36)24-26-25-35(21-19-31(26)37)33(27-12-6-3-7-13-27,28-14-8-4-9-15-28)29-16-10-5-11-17-29/h3-18,22,24,31,37H,2,19-21,23,25H2,1H3. The summed E-state index contributed by atoms with van der Waals surface area (Å²) in [5, 5.41) is 15.7. The highest BCUT2D eigenvalue weighted by atomic mass is 16.5. The number of hydrogen-bond acceptors (Lipinski definition) is 5. The molecule has 39 heavy (non-hydrogen) atoms. The van der Waals surface area contributed by atoms with Gasteiger partial charge in [-0.3, -0.25) is 14.4 Å². The van der Waals surface area contributed by atoms with Gasteiger partial charge >= 0.3 is 5.97 Å². The average molecular weight is 522 g/mol. The van der Waals surface area contributed by atoms with E-state index in [0.29, 0.717) is 26.1 Å². The Morgan fingerprint density at radius 3 is 2.05 bits per heavy atom. The Labute approximate surface area is 230 Å². The zero-order valence-electron chi connectivity index (χ0n) is 22.3. The van der Waals surface area contributed by atoms with Crippen LogP contribution in [0.3, 0.4) is 0 Å². The summed E-state index contributed by atoms with van der Waals surface area (Å²) in [6, 6.07) is 33.8. The summed E-state index contributed by atoms with van der Waals surface area (Å²) in [4.78, 5) is 14.2. The number of esters is 1. The number of nitrogens with zero attached hydrogens (tertiary/aromatic N) is 3. The number of likely N-dealkylation sites (tertiary alicyclic amines) is 1. The van der Waals surface area contributed by atoms with E-state index in [2.05, 4.69) is 82.8 Å². The number of aliphatic hydroxyl groups is 1. The predicted molar refractivity (Wildman–Crippen MR) is 153 cm³/mol. The van der Waals surface area contributed by atoms with Gasteiger partial charge in [0, 0.05) is 19.3 Å². The molecule has 2 heterocycles. The van der Waals surface area contributed by atoms with Crippen LogP contribution in [0.2, 0.25) is 0 Å². The maximum absolute atomic E-state index is 11.8. The Bertz CT molecular complexity index is 1290. The van der Waals surface area contributed by atoms with Crippen molar-refractivity contribution in [2.75, 3.05) is 19.7 Å². The summed E-state index contributed by atoms with van der Waals surface area (Å²) < 4.78 is 6.78. The van der Waals surface area contributed by atoms with Gasteiger partial charge in [-0.05, 0) is 47.8 Å². The summed E-state index contributed by atoms with van der Waals surface area (Å²) in [5.74, 6) is -0.231. The zero-order valence-corrected chi connectivity index (χ0v) is 22.3. The van der Waals surface area contributed by atoms with Crippen molar-refractivity contribution in [3.63, 3.8) is 0 Å². The van der Waals surface area contributed by atoms with Crippen LogP contribution in [0.5, 0.6) is 0 Å². The normalized spacial score (nSPS) is 17.3. The minimum atomic E-state index is -0.550. The lowest BCUT2D eigenvalue weighted by molar-refractivity contribution is -0.143. The molecule has 0 radical (unpaired) electrons. The van der Waals surface area contributed by atoms with Crippen LogP contribution in [-0.2, 0) is 21.6 Å². The first kappa shape index (κ1) is 26.6. The SMILES string of the molecule is CCOC(=O)CCn1ccc(C=C2CN(C(c3ccccc3)(c3ccccc3)c3ccccc3)CCC2O)n1. The molecule has 1 N–H and O–H groups in total. The number of hydrogen-bond donors (Lipinski definition) is 1. The van der Waals surface area contributed by atoms with Gasteiger partial charge in [0.2, 0.25) is 0 Å². The minimum absolute atomic E-state index is 0.231. The topological polar surface area (TPSA) is 67.6 Å². The van der Waals surface area contributed by atoms with Gasteiger partial charge < -0.3 is 9.84 Å². The lowest BCUT2D eigenvalue weighted by Gasteiger charge is -2.48. The summed E-state index contributed by atoms with van der Waals surface area (Å²) in [6.45, 7) is 3.94. The zero-order chi connectivity index (χ0) is 27.1. The van der Waals surface area contributed by atoms with E-state index >= 15 is 0 Å². The highest BCUT2D eigenvalue weighted by Crippen LogP contribution is 2.44. The molecule has 1 aromatic heterocycles. The second-order valence-electron chi connectivity index (χ2n) is 9.81. The summed E-state index contributed by atoms with van der Waals surface area (Å²) >= 11 is 0. The second kappa shape index (κ2) is 12.2. The van der Waals surface area contributed by atoms with Gasteiger partial charge in [0.1, 0.15) is 0 Å². The highest BCUT2D eigenvalue weighted by molar-refractivity contribution is 5.69. The van der Waals surface area contributed by atoms with Gasteiger partial charge in [0.15, 0.2) is 0 Å². The maximum atomic E-state index is 11.8. The molecule has 0 saturated carbocycles. The van der Waals surface area contributed by atoms with Crippen LogP contribution in [0.4, 0.5) is 0 Å². The second-order valence-corrected chi connectivity index (χ2v) is 9.81. The molecule has 0 bridgehead atoms. The lowest BCUT2D eigenvalue weighted by Crippen LogP contribution is -2.52. The smallest absolute Gasteiger partial charge is 0.307 e. The minimum Gasteiger partial charge on any atom is -0.466 e. The van der Waals surface area contributed by atoms with Crippen LogP contribution < -0.4 is 0 Å². The molecule has 0 amide bonds. The molecule has 1 fully saturated rings. The van der Waals surface area contributed by atoms with Crippen molar-refractivity contribution in [1.29, 1.82) is 0 Å². The van der Waals surface area contributed by atoms with Crippen molar-refractivity contribution in [3.8, 4) is 0 Å². The first-order valence-electron chi connectivity index (χ1n) is 13.6. The summed E-state index contributed by atoms with van der Waals surface area (Å²) in [6.07, 6.45) is 4.19. The van der Waals surface area contributed by atoms with E-state index in [4.69, 9.17) is 4.74 Å². The molecule has 6 nitrogen and oxygen atoms in total. The van der Waals surface area contributed by atoms with Crippen molar-refractivity contribution < 1.29 is 14.6 Å². The van der Waals surface area contributed by atoms with E-state index in [1.54, 1.807) is 11.6 Å². The van der Waals surface area contributed by atoms with Crippen molar-refractivity contribution in [3.05, 3.63) is 131 Å². The molecule has 0 aliphatic carbocycles. The van der Waals surface area contributed by atoms with Gasteiger partial charge in [-0.1, -0.05) is 91.0 Å². The molecule has 5 rings (SSSR count). The first-order chi connectivity index (χ1) is 19.1. The fourth-order valence-corrected chi connectivity index (χ4v) is 5.59. The Morgan fingerprint density at radius 2 is 1.51 bits per heavy atom. The number of aromatic nitrogens is 2. The van der Waals surface area contributed by atoms with E-state index in [9.17, 15) is 9.90 Å². The van der Waals surface area contributed by atoms with Crippen LogP contribution in [-0.4, -0.2) is 51.6 Å². The van der Waals surface area contributed by atoms with Crippen LogP contribution in [0.1, 0.15) is 42.1 Å². The first-order valence-corrected chi connectivity index (χ1v) is 13.6. The third kappa shape index (κ3) is 5.72. The van der Waals surface area contributed by atoms with E-state index in [-0.39, 0.29) is 12.4 Å². The number of aryl methyl sites for hydroxylation is 1. The summed E-state index contributed by atoms with van der Waals surface area (Å²) in [7, 11) is 0. The van der Waals surface area contributed by atoms with Crippen LogP contribution in [0, 0.1) is 0 Å². The maximum Gasteiger partial charge on any atom is 0.307 e. The van der Waals surface area contributed by atoms with Crippen molar-refractivity contribution in [1.82, 2.24) is 14.7 Å². The number of benzene rings is 3. The Balaban J connectivity index is 1.52. The molecule has 200 valence electrons. The Kier molecular flexibility index (Phi) is 8.35. The quantitative estimate of drug-likeness (QED) is 0.240. The highest BCUT2D eigenvalue weighted by Gasteiger charge is 2.44. The number of ether oxygens (including phenoxy) is 1. The number of carbonyl (C=O) groups excluding carboxylic acids is 1. The van der Waals surface area contributed by atoms with Gasteiger partial charge in [-0.25, -0.2) is 0 Å². The monoisotopic (exact) mass is 521 g/mol. The van der Waals surface area contributed by atoms with Crippen LogP contribution in [0.15, 0.2) is 109 Å². The van der Waals surface area contributed by atoms with Gasteiger partial charge in [-0.15, -0.1) is 0 Å². The Hall–Kier alpha value is -4.00. The number of piperidine rings is 1. The number of carbonyl (C=O) groups is 1. The van der Waals surface area contributed by atoms with Crippen molar-refractivity contribution >= 4 is 12.0 Å². The fraction of sp³-hybridized carbons (Fsp3) is 0.273. The van der Waals surface area contributed by atoms with Crippen LogP contribution in [0.25, 0.3) is 6.08 Å².